The van der Waals surface area contributed by atoms with Crippen LogP contribution in [0.4, 0.5) is 0 Å². The Bertz CT molecular complexity index is 538. The van der Waals surface area contributed by atoms with E-state index < -0.39 is 0 Å². The van der Waals surface area contributed by atoms with E-state index >= 15 is 0 Å². The van der Waals surface area contributed by atoms with Crippen LogP contribution in [0.3, 0.4) is 0 Å². The first kappa shape index (κ1) is 12.5. The van der Waals surface area contributed by atoms with Gasteiger partial charge in [0, 0.05) is 5.56 Å². The minimum Gasteiger partial charge on any atom is -0.508 e. The first-order valence-electron chi connectivity index (χ1n) is 5.91. The molecule has 0 atom stereocenters. The molecule has 0 saturated heterocycles. The summed E-state index contributed by atoms with van der Waals surface area (Å²) in [5.74, 6) is 1.04. The van der Waals surface area contributed by atoms with Gasteiger partial charge in [0.05, 0.1) is 7.11 Å². The van der Waals surface area contributed by atoms with E-state index in [2.05, 4.69) is 6.07 Å². The van der Waals surface area contributed by atoms with Crippen LogP contribution in [0.2, 0.25) is 0 Å². The van der Waals surface area contributed by atoms with E-state index in [0.717, 1.165) is 28.9 Å². The first-order chi connectivity index (χ1) is 8.74. The van der Waals surface area contributed by atoms with Crippen molar-refractivity contribution < 1.29 is 9.84 Å². The first-order valence-corrected chi connectivity index (χ1v) is 5.91. The number of phenols is 1. The molecule has 0 aliphatic heterocycles. The van der Waals surface area contributed by atoms with Gasteiger partial charge >= 0.3 is 0 Å². The maximum absolute atomic E-state index is 9.55. The summed E-state index contributed by atoms with van der Waals surface area (Å²) >= 11 is 0. The molecular weight excluding hydrogens is 226 g/mol. The monoisotopic (exact) mass is 243 g/mol. The molecule has 0 unspecified atom stereocenters. The van der Waals surface area contributed by atoms with Crippen LogP contribution >= 0.6 is 0 Å². The number of hydrogen-bond donors (Lipinski definition) is 2. The molecule has 2 aromatic rings. The largest absolute Gasteiger partial charge is 0.508 e. The van der Waals surface area contributed by atoms with E-state index in [-0.39, 0.29) is 5.75 Å². The minimum absolute atomic E-state index is 0.249. The molecule has 2 rings (SSSR count). The normalized spacial score (nSPS) is 10.3. The molecule has 18 heavy (non-hydrogen) atoms. The van der Waals surface area contributed by atoms with Gasteiger partial charge in [-0.3, -0.25) is 0 Å². The fourth-order valence-corrected chi connectivity index (χ4v) is 1.98. The van der Waals surface area contributed by atoms with Gasteiger partial charge < -0.3 is 15.6 Å². The molecular formula is C15H17NO2. The zero-order valence-corrected chi connectivity index (χ0v) is 10.4. The van der Waals surface area contributed by atoms with E-state index in [4.69, 9.17) is 10.5 Å². The number of phenolic OH excluding ortho intramolecular Hbond substituents is 1. The summed E-state index contributed by atoms with van der Waals surface area (Å²) in [5.41, 5.74) is 8.64. The third kappa shape index (κ3) is 2.63. The van der Waals surface area contributed by atoms with Crippen molar-refractivity contribution in [1.82, 2.24) is 0 Å². The Morgan fingerprint density at radius 2 is 2.00 bits per heavy atom. The maximum atomic E-state index is 9.55. The van der Waals surface area contributed by atoms with Crippen LogP contribution < -0.4 is 10.5 Å². The van der Waals surface area contributed by atoms with Crippen molar-refractivity contribution in [2.45, 2.75) is 6.42 Å². The lowest BCUT2D eigenvalue weighted by atomic mass is 10.0. The van der Waals surface area contributed by atoms with Gasteiger partial charge in [0.1, 0.15) is 11.5 Å². The zero-order chi connectivity index (χ0) is 13.0. The van der Waals surface area contributed by atoms with E-state index in [9.17, 15) is 5.11 Å². The molecule has 0 aliphatic rings. The second kappa shape index (κ2) is 5.56. The molecule has 0 bridgehead atoms. The molecule has 0 fully saturated rings. The van der Waals surface area contributed by atoms with E-state index in [1.54, 1.807) is 19.2 Å². The highest BCUT2D eigenvalue weighted by Crippen LogP contribution is 2.32. The highest BCUT2D eigenvalue weighted by Gasteiger charge is 2.07. The SMILES string of the molecule is COc1ccc(CCN)cc1-c1cccc(O)c1. The summed E-state index contributed by atoms with van der Waals surface area (Å²) in [6.45, 7) is 0.617. The number of methoxy groups -OCH3 is 1. The Balaban J connectivity index is 2.49. The van der Waals surface area contributed by atoms with Crippen molar-refractivity contribution in [3.63, 3.8) is 0 Å². The third-order valence-electron chi connectivity index (χ3n) is 2.85. The van der Waals surface area contributed by atoms with Crippen molar-refractivity contribution in [2.75, 3.05) is 13.7 Å². The second-order valence-electron chi connectivity index (χ2n) is 4.12. The minimum atomic E-state index is 0.249. The molecule has 0 aromatic heterocycles. The van der Waals surface area contributed by atoms with Crippen LogP contribution in [0.5, 0.6) is 11.5 Å². The van der Waals surface area contributed by atoms with Gasteiger partial charge in [0.25, 0.3) is 0 Å². The van der Waals surface area contributed by atoms with Gasteiger partial charge in [-0.1, -0.05) is 18.2 Å². The van der Waals surface area contributed by atoms with Gasteiger partial charge in [-0.2, -0.15) is 0 Å². The van der Waals surface area contributed by atoms with Crippen molar-refractivity contribution in [2.24, 2.45) is 5.73 Å². The van der Waals surface area contributed by atoms with Crippen LogP contribution in [-0.2, 0) is 6.42 Å². The molecule has 3 nitrogen and oxygen atoms in total. The lowest BCUT2D eigenvalue weighted by Gasteiger charge is -2.11. The molecule has 2 aromatic carbocycles. The molecule has 0 saturated carbocycles. The van der Waals surface area contributed by atoms with Gasteiger partial charge in [-0.25, -0.2) is 0 Å². The van der Waals surface area contributed by atoms with Crippen LogP contribution in [0, 0.1) is 0 Å². The molecule has 94 valence electrons. The number of ether oxygens (including phenoxy) is 1. The summed E-state index contributed by atoms with van der Waals surface area (Å²) in [4.78, 5) is 0. The number of benzene rings is 2. The fraction of sp³-hybridized carbons (Fsp3) is 0.200. The van der Waals surface area contributed by atoms with Crippen LogP contribution in [0.1, 0.15) is 5.56 Å². The third-order valence-corrected chi connectivity index (χ3v) is 2.85. The summed E-state index contributed by atoms with van der Waals surface area (Å²) in [7, 11) is 1.64. The Hall–Kier alpha value is -2.00. The molecule has 3 heteroatoms. The lowest BCUT2D eigenvalue weighted by Crippen LogP contribution is -2.03. The average Bonchev–Trinajstić information content (AvgIpc) is 2.39. The van der Waals surface area contributed by atoms with Crippen molar-refractivity contribution >= 4 is 0 Å². The van der Waals surface area contributed by atoms with Crippen LogP contribution in [0.25, 0.3) is 11.1 Å². The summed E-state index contributed by atoms with van der Waals surface area (Å²) in [6.07, 6.45) is 0.829. The smallest absolute Gasteiger partial charge is 0.126 e. The molecule has 0 radical (unpaired) electrons. The molecule has 0 aliphatic carbocycles. The number of hydrogen-bond acceptors (Lipinski definition) is 3. The predicted octanol–water partition coefficient (Wildman–Crippen LogP) is 2.57. The van der Waals surface area contributed by atoms with Gasteiger partial charge in [-0.15, -0.1) is 0 Å². The summed E-state index contributed by atoms with van der Waals surface area (Å²) < 4.78 is 5.36. The molecule has 0 spiro atoms. The Morgan fingerprint density at radius 3 is 2.67 bits per heavy atom. The van der Waals surface area contributed by atoms with E-state index in [1.165, 1.54) is 0 Å². The van der Waals surface area contributed by atoms with Gasteiger partial charge in [0.2, 0.25) is 0 Å². The Kier molecular flexibility index (Phi) is 3.85. The standard InChI is InChI=1S/C15H17NO2/c1-18-15-6-5-11(7-8-16)9-14(15)12-3-2-4-13(17)10-12/h2-6,9-10,17H,7-8,16H2,1H3. The number of aromatic hydroxyl groups is 1. The molecule has 0 amide bonds. The quantitative estimate of drug-likeness (QED) is 0.867. The second-order valence-corrected chi connectivity index (χ2v) is 4.12. The maximum Gasteiger partial charge on any atom is 0.126 e. The molecule has 0 heterocycles. The zero-order valence-electron chi connectivity index (χ0n) is 10.4. The van der Waals surface area contributed by atoms with E-state index in [0.29, 0.717) is 6.54 Å². The van der Waals surface area contributed by atoms with E-state index in [1.807, 2.05) is 24.3 Å². The highest BCUT2D eigenvalue weighted by molar-refractivity contribution is 5.72. The van der Waals surface area contributed by atoms with Crippen molar-refractivity contribution in [1.29, 1.82) is 0 Å². The highest BCUT2D eigenvalue weighted by atomic mass is 16.5. The average molecular weight is 243 g/mol. The van der Waals surface area contributed by atoms with Crippen LogP contribution in [0.15, 0.2) is 42.5 Å². The summed E-state index contributed by atoms with van der Waals surface area (Å²) in [5, 5.41) is 9.55. The Morgan fingerprint density at radius 1 is 1.17 bits per heavy atom. The Labute approximate surface area is 107 Å². The van der Waals surface area contributed by atoms with Gasteiger partial charge in [0.15, 0.2) is 0 Å². The number of rotatable bonds is 4. The predicted molar refractivity (Wildman–Crippen MR) is 72.9 cm³/mol. The summed E-state index contributed by atoms with van der Waals surface area (Å²) in [6, 6.07) is 13.1. The fourth-order valence-electron chi connectivity index (χ4n) is 1.98. The number of nitrogens with two attached hydrogens (primary N) is 1. The van der Waals surface area contributed by atoms with Gasteiger partial charge in [-0.05, 0) is 48.4 Å². The molecule has 3 N–H and O–H groups in total. The lowest BCUT2D eigenvalue weighted by molar-refractivity contribution is 0.416. The van der Waals surface area contributed by atoms with Crippen LogP contribution in [-0.4, -0.2) is 18.8 Å². The topological polar surface area (TPSA) is 55.5 Å². The van der Waals surface area contributed by atoms with Crippen molar-refractivity contribution in [3.05, 3.63) is 48.0 Å². The van der Waals surface area contributed by atoms with Crippen molar-refractivity contribution in [3.8, 4) is 22.6 Å².